The van der Waals surface area contributed by atoms with Crippen LogP contribution in [-0.2, 0) is 9.53 Å². The molecular weight excluding hydrogens is 216 g/mol. The predicted molar refractivity (Wildman–Crippen MR) is 68.5 cm³/mol. The van der Waals surface area contributed by atoms with Crippen LogP contribution in [0.25, 0.3) is 0 Å². The smallest absolute Gasteiger partial charge is 0.227 e. The summed E-state index contributed by atoms with van der Waals surface area (Å²) >= 11 is 0. The van der Waals surface area contributed by atoms with Crippen LogP contribution in [0.4, 0.5) is 0 Å². The van der Waals surface area contributed by atoms with Crippen molar-refractivity contribution < 1.29 is 9.53 Å². The number of carbonyl (C=O) groups is 1. The fourth-order valence-corrected chi connectivity index (χ4v) is 2.43. The lowest BCUT2D eigenvalue weighted by Gasteiger charge is -2.26. The van der Waals surface area contributed by atoms with Gasteiger partial charge in [-0.25, -0.2) is 0 Å². The molecule has 1 fully saturated rings. The lowest BCUT2D eigenvalue weighted by molar-refractivity contribution is -0.125. The molecule has 0 aromatic heterocycles. The van der Waals surface area contributed by atoms with Gasteiger partial charge in [-0.3, -0.25) is 4.79 Å². The third kappa shape index (κ3) is 3.96. The molecule has 0 spiro atoms. The van der Waals surface area contributed by atoms with E-state index in [0.29, 0.717) is 31.0 Å². The van der Waals surface area contributed by atoms with E-state index in [1.807, 2.05) is 0 Å². The van der Waals surface area contributed by atoms with Gasteiger partial charge < -0.3 is 15.8 Å². The lowest BCUT2D eigenvalue weighted by Crippen LogP contribution is -2.43. The Hall–Kier alpha value is -0.610. The number of nitrogens with one attached hydrogen (secondary N) is 1. The molecule has 4 heteroatoms. The Labute approximate surface area is 104 Å². The van der Waals surface area contributed by atoms with E-state index in [2.05, 4.69) is 33.0 Å². The number of rotatable bonds is 5. The Morgan fingerprint density at radius 3 is 2.29 bits per heavy atom. The number of nitrogens with two attached hydrogens (primary N) is 1. The summed E-state index contributed by atoms with van der Waals surface area (Å²) in [7, 11) is 0. The monoisotopic (exact) mass is 242 g/mol. The molecule has 0 aliphatic carbocycles. The Bertz CT molecular complexity index is 246. The van der Waals surface area contributed by atoms with Crippen LogP contribution in [0.1, 0.15) is 27.7 Å². The van der Waals surface area contributed by atoms with Crippen molar-refractivity contribution in [3.8, 4) is 0 Å². The second-order valence-corrected chi connectivity index (χ2v) is 5.70. The van der Waals surface area contributed by atoms with Gasteiger partial charge in [0, 0.05) is 12.6 Å². The first-order valence-corrected chi connectivity index (χ1v) is 6.54. The Balaban J connectivity index is 2.41. The molecule has 3 N–H and O–H groups in total. The molecule has 0 bridgehead atoms. The zero-order valence-electron chi connectivity index (χ0n) is 11.4. The van der Waals surface area contributed by atoms with E-state index in [-0.39, 0.29) is 17.9 Å². The van der Waals surface area contributed by atoms with E-state index >= 15 is 0 Å². The number of amides is 1. The van der Waals surface area contributed by atoms with Crippen LogP contribution in [0.2, 0.25) is 0 Å². The van der Waals surface area contributed by atoms with Gasteiger partial charge in [0.15, 0.2) is 0 Å². The minimum atomic E-state index is -0.171. The molecule has 100 valence electrons. The lowest BCUT2D eigenvalue weighted by atomic mass is 9.85. The fourth-order valence-electron chi connectivity index (χ4n) is 2.43. The largest absolute Gasteiger partial charge is 0.379 e. The summed E-state index contributed by atoms with van der Waals surface area (Å²) in [6.07, 6.45) is 0. The average molecular weight is 242 g/mol. The van der Waals surface area contributed by atoms with Crippen molar-refractivity contribution in [3.05, 3.63) is 0 Å². The Kier molecular flexibility index (Phi) is 5.40. The van der Waals surface area contributed by atoms with Gasteiger partial charge in [0.25, 0.3) is 0 Å². The second-order valence-electron chi connectivity index (χ2n) is 5.70. The number of ether oxygens (including phenoxy) is 1. The highest BCUT2D eigenvalue weighted by atomic mass is 16.5. The van der Waals surface area contributed by atoms with Crippen molar-refractivity contribution in [2.75, 3.05) is 19.8 Å². The third-order valence-corrected chi connectivity index (χ3v) is 3.69. The van der Waals surface area contributed by atoms with Crippen LogP contribution < -0.4 is 11.1 Å². The SMILES string of the molecule is CC(C)C(CNC(=O)C1COCC1N)C(C)C. The first-order valence-electron chi connectivity index (χ1n) is 6.54. The van der Waals surface area contributed by atoms with Crippen LogP contribution >= 0.6 is 0 Å². The van der Waals surface area contributed by atoms with E-state index < -0.39 is 0 Å². The minimum Gasteiger partial charge on any atom is -0.379 e. The molecule has 1 aliphatic rings. The van der Waals surface area contributed by atoms with Crippen LogP contribution in [0.15, 0.2) is 0 Å². The molecule has 2 unspecified atom stereocenters. The average Bonchev–Trinajstić information content (AvgIpc) is 2.63. The van der Waals surface area contributed by atoms with Crippen molar-refractivity contribution in [2.24, 2.45) is 29.4 Å². The van der Waals surface area contributed by atoms with Gasteiger partial charge in [-0.15, -0.1) is 0 Å². The van der Waals surface area contributed by atoms with Crippen molar-refractivity contribution in [2.45, 2.75) is 33.7 Å². The van der Waals surface area contributed by atoms with E-state index in [0.717, 1.165) is 6.54 Å². The van der Waals surface area contributed by atoms with Crippen LogP contribution in [0.3, 0.4) is 0 Å². The molecule has 4 nitrogen and oxygen atoms in total. The van der Waals surface area contributed by atoms with E-state index in [4.69, 9.17) is 10.5 Å². The maximum atomic E-state index is 11.9. The molecule has 1 amide bonds. The summed E-state index contributed by atoms with van der Waals surface area (Å²) in [6.45, 7) is 10.5. The molecule has 1 saturated heterocycles. The number of hydrogen-bond acceptors (Lipinski definition) is 3. The molecule has 0 saturated carbocycles. The predicted octanol–water partition coefficient (Wildman–Crippen LogP) is 1.00. The fraction of sp³-hybridized carbons (Fsp3) is 0.923. The molecule has 0 aromatic rings. The van der Waals surface area contributed by atoms with Crippen molar-refractivity contribution >= 4 is 5.91 Å². The minimum absolute atomic E-state index is 0.0429. The molecule has 1 aliphatic heterocycles. The molecule has 1 heterocycles. The van der Waals surface area contributed by atoms with Crippen LogP contribution in [0.5, 0.6) is 0 Å². The van der Waals surface area contributed by atoms with Crippen LogP contribution in [0, 0.1) is 23.7 Å². The van der Waals surface area contributed by atoms with Gasteiger partial charge in [-0.1, -0.05) is 27.7 Å². The topological polar surface area (TPSA) is 64.3 Å². The zero-order chi connectivity index (χ0) is 13.0. The van der Waals surface area contributed by atoms with E-state index in [1.54, 1.807) is 0 Å². The van der Waals surface area contributed by atoms with Gasteiger partial charge in [0.2, 0.25) is 5.91 Å². The van der Waals surface area contributed by atoms with Crippen molar-refractivity contribution in [1.82, 2.24) is 5.32 Å². The normalized spacial score (nSPS) is 24.9. The first-order chi connectivity index (χ1) is 7.93. The summed E-state index contributed by atoms with van der Waals surface area (Å²) in [4.78, 5) is 11.9. The number of hydrogen-bond donors (Lipinski definition) is 2. The summed E-state index contributed by atoms with van der Waals surface area (Å²) in [5.41, 5.74) is 5.82. The van der Waals surface area contributed by atoms with Crippen molar-refractivity contribution in [1.29, 1.82) is 0 Å². The third-order valence-electron chi connectivity index (χ3n) is 3.69. The summed E-state index contributed by atoms with van der Waals surface area (Å²) in [5, 5.41) is 3.02. The summed E-state index contributed by atoms with van der Waals surface area (Å²) in [5.74, 6) is 1.53. The van der Waals surface area contributed by atoms with E-state index in [1.165, 1.54) is 0 Å². The highest BCUT2D eigenvalue weighted by molar-refractivity contribution is 5.79. The highest BCUT2D eigenvalue weighted by Gasteiger charge is 2.31. The van der Waals surface area contributed by atoms with Crippen LogP contribution in [-0.4, -0.2) is 31.7 Å². The second kappa shape index (κ2) is 6.36. The molecule has 1 rings (SSSR count). The standard InChI is InChI=1S/C13H26N2O2/c1-8(2)10(9(3)4)5-15-13(16)11-6-17-7-12(11)14/h8-12H,5-7,14H2,1-4H3,(H,15,16). The van der Waals surface area contributed by atoms with Gasteiger partial charge in [-0.05, 0) is 17.8 Å². The quantitative estimate of drug-likeness (QED) is 0.756. The zero-order valence-corrected chi connectivity index (χ0v) is 11.4. The molecule has 17 heavy (non-hydrogen) atoms. The number of carbonyl (C=O) groups excluding carboxylic acids is 1. The molecule has 2 atom stereocenters. The van der Waals surface area contributed by atoms with Gasteiger partial charge >= 0.3 is 0 Å². The van der Waals surface area contributed by atoms with Gasteiger partial charge in [-0.2, -0.15) is 0 Å². The molecule has 0 aromatic carbocycles. The maximum absolute atomic E-state index is 11.9. The molecule has 0 radical (unpaired) electrons. The Morgan fingerprint density at radius 1 is 1.29 bits per heavy atom. The summed E-state index contributed by atoms with van der Waals surface area (Å²) in [6, 6.07) is -0.147. The van der Waals surface area contributed by atoms with Crippen molar-refractivity contribution in [3.63, 3.8) is 0 Å². The van der Waals surface area contributed by atoms with Gasteiger partial charge in [0.1, 0.15) is 0 Å². The maximum Gasteiger partial charge on any atom is 0.227 e. The van der Waals surface area contributed by atoms with Gasteiger partial charge in [0.05, 0.1) is 19.1 Å². The highest BCUT2D eigenvalue weighted by Crippen LogP contribution is 2.20. The summed E-state index contributed by atoms with van der Waals surface area (Å²) < 4.78 is 5.21. The first kappa shape index (κ1) is 14.5. The molecular formula is C13H26N2O2. The van der Waals surface area contributed by atoms with E-state index in [9.17, 15) is 4.79 Å². The Morgan fingerprint density at radius 2 is 1.88 bits per heavy atom.